The minimum absolute atomic E-state index is 0.0110. The summed E-state index contributed by atoms with van der Waals surface area (Å²) < 4.78 is 43.9. The Hall–Kier alpha value is -1.87. The maximum absolute atomic E-state index is 13.3. The molecule has 2 N–H and O–H groups in total. The van der Waals surface area contributed by atoms with Crippen molar-refractivity contribution in [2.75, 3.05) is 0 Å². The number of hydrogen-bond donors (Lipinski definition) is 1. The van der Waals surface area contributed by atoms with Crippen LogP contribution >= 0.6 is 11.3 Å². The number of hydrogen-bond acceptors (Lipinski definition) is 6. The third kappa shape index (κ3) is 3.32. The molecule has 1 aromatic heterocycles. The molecule has 8 heteroatoms. The normalized spacial score (nSPS) is 14.7. The Morgan fingerprint density at radius 2 is 1.88 bits per heavy atom. The number of aryl methyl sites for hydroxylation is 1. The summed E-state index contributed by atoms with van der Waals surface area (Å²) in [4.78, 5) is 4.27. The van der Waals surface area contributed by atoms with E-state index < -0.39 is 21.7 Å². The van der Waals surface area contributed by atoms with Crippen LogP contribution in [-0.4, -0.2) is 13.4 Å². The van der Waals surface area contributed by atoms with Crippen LogP contribution < -0.4 is 5.73 Å². The van der Waals surface area contributed by atoms with Gasteiger partial charge in [0, 0.05) is 0 Å². The molecule has 0 saturated heterocycles. The zero-order chi connectivity index (χ0) is 17.5. The molecule has 1 unspecified atom stereocenters. The maximum atomic E-state index is 13.3. The molecule has 0 aliphatic carbocycles. The van der Waals surface area contributed by atoms with Gasteiger partial charge < -0.3 is 0 Å². The Morgan fingerprint density at radius 1 is 1.21 bits per heavy atom. The van der Waals surface area contributed by atoms with Gasteiger partial charge in [0.05, 0.1) is 15.1 Å². The molecular formula is C16H15FN2O3S2. The molecular weight excluding hydrogens is 351 g/mol. The molecule has 0 radical (unpaired) electrons. The van der Waals surface area contributed by atoms with Gasteiger partial charge in [-0.15, -0.1) is 11.3 Å². The van der Waals surface area contributed by atoms with Crippen LogP contribution in [0.5, 0.6) is 0 Å². The van der Waals surface area contributed by atoms with Gasteiger partial charge >= 0.3 is 0 Å². The van der Waals surface area contributed by atoms with Crippen molar-refractivity contribution in [2.24, 2.45) is 5.73 Å². The number of nitrogens with zero attached hydrogens (tertiary/aromatic N) is 1. The first kappa shape index (κ1) is 17.0. The van der Waals surface area contributed by atoms with Crippen LogP contribution in [-0.2, 0) is 20.0 Å². The third-order valence-corrected chi connectivity index (χ3v) is 6.02. The number of benzene rings is 2. The Labute approximate surface area is 143 Å². The first-order valence-electron chi connectivity index (χ1n) is 7.05. The first-order chi connectivity index (χ1) is 11.2. The van der Waals surface area contributed by atoms with Gasteiger partial charge in [-0.1, -0.05) is 17.7 Å². The molecule has 0 aliphatic rings. The molecule has 3 rings (SSSR count). The standard InChI is InChI=1S/C16H15FN2O3S2/c1-10-3-6-12(7-4-10)24(20,21)22-16(2,18)15-19-13-8-5-11(17)9-14(13)23-15/h3-9H,18H2,1-2H3. The summed E-state index contributed by atoms with van der Waals surface area (Å²) in [6.45, 7) is 3.26. The lowest BCUT2D eigenvalue weighted by Gasteiger charge is -2.21. The molecule has 1 atom stereocenters. The molecule has 0 bridgehead atoms. The van der Waals surface area contributed by atoms with Crippen LogP contribution in [0.3, 0.4) is 0 Å². The second-order valence-corrected chi connectivity index (χ2v) is 8.17. The highest BCUT2D eigenvalue weighted by Gasteiger charge is 2.33. The van der Waals surface area contributed by atoms with Crippen LogP contribution in [0.2, 0.25) is 0 Å². The van der Waals surface area contributed by atoms with Gasteiger partial charge in [0.15, 0.2) is 5.72 Å². The number of nitrogens with two attached hydrogens (primary N) is 1. The smallest absolute Gasteiger partial charge is 0.297 e. The van der Waals surface area contributed by atoms with Gasteiger partial charge in [0.2, 0.25) is 0 Å². The fourth-order valence-corrected chi connectivity index (χ4v) is 4.27. The second-order valence-electron chi connectivity index (χ2n) is 5.59. The molecule has 2 aromatic carbocycles. The third-order valence-electron chi connectivity index (χ3n) is 3.37. The van der Waals surface area contributed by atoms with Crippen LogP contribution in [0.25, 0.3) is 10.2 Å². The number of thiazole rings is 1. The highest BCUT2D eigenvalue weighted by molar-refractivity contribution is 7.86. The van der Waals surface area contributed by atoms with E-state index in [1.54, 1.807) is 12.1 Å². The van der Waals surface area contributed by atoms with Crippen molar-refractivity contribution in [3.8, 4) is 0 Å². The lowest BCUT2D eigenvalue weighted by molar-refractivity contribution is 0.103. The molecule has 126 valence electrons. The maximum Gasteiger partial charge on any atom is 0.299 e. The van der Waals surface area contributed by atoms with E-state index in [1.807, 2.05) is 6.92 Å². The van der Waals surface area contributed by atoms with E-state index in [4.69, 9.17) is 9.92 Å². The largest absolute Gasteiger partial charge is 0.299 e. The van der Waals surface area contributed by atoms with Gasteiger partial charge in [0.1, 0.15) is 10.8 Å². The Bertz CT molecular complexity index is 996. The number of fused-ring (bicyclic) bond motifs is 1. The summed E-state index contributed by atoms with van der Waals surface area (Å²) in [5, 5.41) is 0.249. The van der Waals surface area contributed by atoms with Crippen molar-refractivity contribution >= 4 is 31.7 Å². The lowest BCUT2D eigenvalue weighted by atomic mass is 10.2. The van der Waals surface area contributed by atoms with E-state index in [9.17, 15) is 12.8 Å². The minimum Gasteiger partial charge on any atom is -0.297 e. The predicted molar refractivity (Wildman–Crippen MR) is 90.6 cm³/mol. The van der Waals surface area contributed by atoms with Gasteiger partial charge in [-0.3, -0.25) is 5.73 Å². The van der Waals surface area contributed by atoms with Crippen molar-refractivity contribution in [1.82, 2.24) is 4.98 Å². The monoisotopic (exact) mass is 366 g/mol. The molecule has 3 aromatic rings. The van der Waals surface area contributed by atoms with Crippen LogP contribution in [0.1, 0.15) is 17.5 Å². The fourth-order valence-electron chi connectivity index (χ4n) is 2.13. The van der Waals surface area contributed by atoms with Crippen LogP contribution in [0, 0.1) is 12.7 Å². The van der Waals surface area contributed by atoms with E-state index in [1.165, 1.54) is 37.3 Å². The Kier molecular flexibility index (Phi) is 4.16. The Balaban J connectivity index is 1.95. The summed E-state index contributed by atoms with van der Waals surface area (Å²) >= 11 is 1.09. The molecule has 0 saturated carbocycles. The van der Waals surface area contributed by atoms with E-state index in [2.05, 4.69) is 4.98 Å². The van der Waals surface area contributed by atoms with E-state index in [0.29, 0.717) is 10.2 Å². The number of rotatable bonds is 4. The quantitative estimate of drug-likeness (QED) is 0.566. The fraction of sp³-hybridized carbons (Fsp3) is 0.188. The van der Waals surface area contributed by atoms with Gasteiger partial charge in [-0.2, -0.15) is 8.42 Å². The van der Waals surface area contributed by atoms with E-state index >= 15 is 0 Å². The van der Waals surface area contributed by atoms with E-state index in [0.717, 1.165) is 16.9 Å². The zero-order valence-electron chi connectivity index (χ0n) is 13.0. The highest BCUT2D eigenvalue weighted by atomic mass is 32.2. The summed E-state index contributed by atoms with van der Waals surface area (Å²) in [5.74, 6) is -0.399. The van der Waals surface area contributed by atoms with Gasteiger partial charge in [-0.25, -0.2) is 13.6 Å². The van der Waals surface area contributed by atoms with Crippen LogP contribution in [0.4, 0.5) is 4.39 Å². The molecule has 0 amide bonds. The topological polar surface area (TPSA) is 82.3 Å². The predicted octanol–water partition coefficient (Wildman–Crippen LogP) is 3.28. The number of halogens is 1. The molecule has 0 fully saturated rings. The summed E-state index contributed by atoms with van der Waals surface area (Å²) in [7, 11) is -4.06. The van der Waals surface area contributed by atoms with Crippen molar-refractivity contribution < 1.29 is 17.0 Å². The molecule has 5 nitrogen and oxygen atoms in total. The summed E-state index contributed by atoms with van der Waals surface area (Å²) in [5.41, 5.74) is 5.84. The SMILES string of the molecule is Cc1ccc(S(=O)(=O)OC(C)(N)c2nc3ccc(F)cc3s2)cc1. The summed E-state index contributed by atoms with van der Waals surface area (Å²) in [6.07, 6.45) is 0. The Morgan fingerprint density at radius 3 is 2.54 bits per heavy atom. The second kappa shape index (κ2) is 5.89. The van der Waals surface area contributed by atoms with Crippen molar-refractivity contribution in [1.29, 1.82) is 0 Å². The van der Waals surface area contributed by atoms with Crippen LogP contribution in [0.15, 0.2) is 47.4 Å². The lowest BCUT2D eigenvalue weighted by Crippen LogP contribution is -2.38. The minimum atomic E-state index is -4.06. The van der Waals surface area contributed by atoms with Gasteiger partial charge in [0.25, 0.3) is 10.1 Å². The zero-order valence-corrected chi connectivity index (χ0v) is 14.6. The molecule has 0 spiro atoms. The molecule has 1 heterocycles. The number of aromatic nitrogens is 1. The average molecular weight is 366 g/mol. The molecule has 0 aliphatic heterocycles. The van der Waals surface area contributed by atoms with Crippen molar-refractivity contribution in [2.45, 2.75) is 24.5 Å². The molecule has 24 heavy (non-hydrogen) atoms. The van der Waals surface area contributed by atoms with Crippen molar-refractivity contribution in [3.05, 3.63) is 58.9 Å². The average Bonchev–Trinajstić information content (AvgIpc) is 2.90. The van der Waals surface area contributed by atoms with Crippen molar-refractivity contribution in [3.63, 3.8) is 0 Å². The summed E-state index contributed by atoms with van der Waals surface area (Å²) in [6, 6.07) is 10.4. The van der Waals surface area contributed by atoms with E-state index in [-0.39, 0.29) is 9.90 Å². The highest BCUT2D eigenvalue weighted by Crippen LogP contribution is 2.32. The first-order valence-corrected chi connectivity index (χ1v) is 9.28. The van der Waals surface area contributed by atoms with Gasteiger partial charge in [-0.05, 0) is 44.2 Å².